The van der Waals surface area contributed by atoms with Crippen molar-refractivity contribution in [2.75, 3.05) is 19.4 Å². The van der Waals surface area contributed by atoms with Gasteiger partial charge >= 0.3 is 0 Å². The van der Waals surface area contributed by atoms with Gasteiger partial charge in [0.05, 0.1) is 10.6 Å². The molecule has 1 N–H and O–H groups in total. The molecule has 1 fully saturated rings. The van der Waals surface area contributed by atoms with Crippen molar-refractivity contribution < 1.29 is 18.0 Å². The monoisotopic (exact) mass is 552 g/mol. The van der Waals surface area contributed by atoms with Crippen molar-refractivity contribution in [3.05, 3.63) is 53.0 Å². The smallest absolute Gasteiger partial charge is 0.242 e. The van der Waals surface area contributed by atoms with Gasteiger partial charge in [0.25, 0.3) is 0 Å². The number of hydrogen-bond acceptors (Lipinski definition) is 6. The first-order chi connectivity index (χ1) is 15.5. The Hall–Kier alpha value is -2.21. The van der Waals surface area contributed by atoms with Crippen LogP contribution in [0.15, 0.2) is 62.9 Å². The third kappa shape index (κ3) is 6.03. The van der Waals surface area contributed by atoms with Crippen molar-refractivity contribution in [2.45, 2.75) is 36.5 Å². The summed E-state index contributed by atoms with van der Waals surface area (Å²) in [6, 6.07) is 13.3. The third-order valence-corrected chi connectivity index (χ3v) is 8.29. The molecule has 0 radical (unpaired) electrons. The molecule has 1 atom stereocenters. The second-order valence-corrected chi connectivity index (χ2v) is 12.1. The number of carbonyl (C=O) groups excluding carboxylic acids is 2. The highest BCUT2D eigenvalue weighted by atomic mass is 79.9. The molecule has 0 aromatic heterocycles. The molecule has 3 rings (SSSR count). The topological polar surface area (TPSA) is 99.1 Å². The Morgan fingerprint density at radius 1 is 1.21 bits per heavy atom. The molecule has 176 valence electrons. The molecule has 0 bridgehead atoms. The average molecular weight is 554 g/mol. The molecule has 0 spiro atoms. The van der Waals surface area contributed by atoms with E-state index in [2.05, 4.69) is 26.2 Å². The lowest BCUT2D eigenvalue weighted by atomic mass is 10.2. The number of nitrogens with zero attached hydrogens (tertiary/aromatic N) is 3. The molecule has 8 nitrogen and oxygen atoms in total. The van der Waals surface area contributed by atoms with E-state index in [0.29, 0.717) is 16.5 Å². The van der Waals surface area contributed by atoms with Gasteiger partial charge in [-0.25, -0.2) is 17.7 Å². The Bertz CT molecular complexity index is 1180. The second-order valence-electron chi connectivity index (χ2n) is 7.85. The molecule has 1 aliphatic rings. The summed E-state index contributed by atoms with van der Waals surface area (Å²) in [7, 11) is -0.688. The summed E-state index contributed by atoms with van der Waals surface area (Å²) in [5.74, 6) is -0.469. The van der Waals surface area contributed by atoms with Crippen molar-refractivity contribution in [2.24, 2.45) is 4.99 Å². The highest BCUT2D eigenvalue weighted by molar-refractivity contribution is 9.10. The van der Waals surface area contributed by atoms with Crippen LogP contribution in [0.25, 0.3) is 0 Å². The molecule has 1 unspecified atom stereocenters. The van der Waals surface area contributed by atoms with E-state index in [1.807, 2.05) is 26.0 Å². The molecular weight excluding hydrogens is 528 g/mol. The van der Waals surface area contributed by atoms with Crippen LogP contribution in [-0.4, -0.2) is 60.0 Å². The van der Waals surface area contributed by atoms with E-state index in [1.165, 1.54) is 38.0 Å². The van der Waals surface area contributed by atoms with Gasteiger partial charge in [0.15, 0.2) is 5.17 Å². The fourth-order valence-electron chi connectivity index (χ4n) is 3.12. The van der Waals surface area contributed by atoms with E-state index < -0.39 is 15.3 Å². The molecule has 2 amide bonds. The van der Waals surface area contributed by atoms with Gasteiger partial charge < -0.3 is 5.32 Å². The van der Waals surface area contributed by atoms with Gasteiger partial charge in [-0.3, -0.25) is 14.5 Å². The highest BCUT2D eigenvalue weighted by Gasteiger charge is 2.40. The predicted octanol–water partition coefficient (Wildman–Crippen LogP) is 4.07. The summed E-state index contributed by atoms with van der Waals surface area (Å²) < 4.78 is 26.9. The Labute approximate surface area is 206 Å². The number of hydrogen-bond donors (Lipinski definition) is 1. The second kappa shape index (κ2) is 10.4. The minimum absolute atomic E-state index is 0.00312. The van der Waals surface area contributed by atoms with Gasteiger partial charge in [0, 0.05) is 36.7 Å². The number of rotatable bonds is 7. The Balaban J connectivity index is 1.81. The SMILES string of the molecule is CC(C)N1C(=O)C(CC(=O)Nc2ccc(Br)cc2)SC1=Nc1cccc(S(=O)(=O)N(C)C)c1. The zero-order valence-electron chi connectivity index (χ0n) is 18.6. The number of halogens is 1. The van der Waals surface area contributed by atoms with E-state index in [1.54, 1.807) is 29.2 Å². The first-order valence-corrected chi connectivity index (χ1v) is 13.3. The number of nitrogens with one attached hydrogen (secondary N) is 1. The van der Waals surface area contributed by atoms with E-state index in [0.717, 1.165) is 8.78 Å². The Morgan fingerprint density at radius 3 is 2.48 bits per heavy atom. The van der Waals surface area contributed by atoms with Gasteiger partial charge in [-0.2, -0.15) is 0 Å². The quantitative estimate of drug-likeness (QED) is 0.558. The molecule has 0 aliphatic carbocycles. The van der Waals surface area contributed by atoms with E-state index in [9.17, 15) is 18.0 Å². The van der Waals surface area contributed by atoms with E-state index >= 15 is 0 Å². The van der Waals surface area contributed by atoms with Crippen LogP contribution in [0.2, 0.25) is 0 Å². The van der Waals surface area contributed by atoms with Gasteiger partial charge in [0.2, 0.25) is 21.8 Å². The number of amides is 2. The molecule has 1 heterocycles. The van der Waals surface area contributed by atoms with Crippen LogP contribution in [0, 0.1) is 0 Å². The lowest BCUT2D eigenvalue weighted by molar-refractivity contribution is -0.129. The number of amidine groups is 1. The van der Waals surface area contributed by atoms with Gasteiger partial charge in [-0.15, -0.1) is 0 Å². The summed E-state index contributed by atoms with van der Waals surface area (Å²) in [5.41, 5.74) is 1.06. The van der Waals surface area contributed by atoms with Gasteiger partial charge in [-0.05, 0) is 56.3 Å². The van der Waals surface area contributed by atoms with Crippen LogP contribution in [0.5, 0.6) is 0 Å². The van der Waals surface area contributed by atoms with Crippen LogP contribution >= 0.6 is 27.7 Å². The van der Waals surface area contributed by atoms with Crippen LogP contribution in [-0.2, 0) is 19.6 Å². The molecule has 33 heavy (non-hydrogen) atoms. The van der Waals surface area contributed by atoms with Crippen LogP contribution < -0.4 is 5.32 Å². The van der Waals surface area contributed by atoms with Crippen LogP contribution in [0.1, 0.15) is 20.3 Å². The van der Waals surface area contributed by atoms with Crippen LogP contribution in [0.3, 0.4) is 0 Å². The molecule has 2 aromatic carbocycles. The summed E-state index contributed by atoms with van der Waals surface area (Å²) in [4.78, 5) is 31.8. The number of aliphatic imine (C=N–C) groups is 1. The summed E-state index contributed by atoms with van der Waals surface area (Å²) in [5, 5.41) is 2.63. The van der Waals surface area contributed by atoms with Crippen molar-refractivity contribution in [3.8, 4) is 0 Å². The third-order valence-electron chi connectivity index (χ3n) is 4.80. The van der Waals surface area contributed by atoms with Gasteiger partial charge in [-0.1, -0.05) is 33.8 Å². The summed E-state index contributed by atoms with van der Waals surface area (Å²) in [6.45, 7) is 3.73. The molecule has 11 heteroatoms. The normalized spacial score (nSPS) is 17.9. The average Bonchev–Trinajstić information content (AvgIpc) is 3.04. The fraction of sp³-hybridized carbons (Fsp3) is 0.318. The predicted molar refractivity (Wildman–Crippen MR) is 135 cm³/mol. The number of sulfonamides is 1. The standard InChI is InChI=1S/C22H25BrN4O4S2/c1-14(2)27-21(29)19(13-20(28)24-16-10-8-15(23)9-11-16)32-22(27)25-17-6-5-7-18(12-17)33(30,31)26(3)4/h5-12,14,19H,13H2,1-4H3,(H,24,28). The minimum Gasteiger partial charge on any atom is -0.326 e. The molecule has 0 saturated carbocycles. The number of benzene rings is 2. The van der Waals surface area contributed by atoms with Crippen molar-refractivity contribution >= 4 is 66.1 Å². The van der Waals surface area contributed by atoms with Crippen molar-refractivity contribution in [3.63, 3.8) is 0 Å². The molecule has 1 saturated heterocycles. The summed E-state index contributed by atoms with van der Waals surface area (Å²) >= 11 is 4.56. The minimum atomic E-state index is -3.61. The maximum atomic E-state index is 13.0. The first-order valence-electron chi connectivity index (χ1n) is 10.2. The van der Waals surface area contributed by atoms with E-state index in [4.69, 9.17) is 0 Å². The molecule has 2 aromatic rings. The maximum Gasteiger partial charge on any atom is 0.242 e. The Kier molecular flexibility index (Phi) is 7.99. The number of carbonyl (C=O) groups is 2. The lowest BCUT2D eigenvalue weighted by Crippen LogP contribution is -2.38. The largest absolute Gasteiger partial charge is 0.326 e. The molecule has 1 aliphatic heterocycles. The summed E-state index contributed by atoms with van der Waals surface area (Å²) in [6.07, 6.45) is -0.00312. The lowest BCUT2D eigenvalue weighted by Gasteiger charge is -2.20. The first kappa shape index (κ1) is 25.4. The number of thioether (sulfide) groups is 1. The van der Waals surface area contributed by atoms with Gasteiger partial charge in [0.1, 0.15) is 5.25 Å². The van der Waals surface area contributed by atoms with Crippen molar-refractivity contribution in [1.82, 2.24) is 9.21 Å². The zero-order valence-corrected chi connectivity index (χ0v) is 21.9. The fourth-order valence-corrected chi connectivity index (χ4v) is 5.60. The van der Waals surface area contributed by atoms with Crippen molar-refractivity contribution in [1.29, 1.82) is 0 Å². The Morgan fingerprint density at radius 2 is 1.88 bits per heavy atom. The number of anilines is 1. The molecular formula is C22H25BrN4O4S2. The zero-order chi connectivity index (χ0) is 24.3. The van der Waals surface area contributed by atoms with E-state index in [-0.39, 0.29) is 29.2 Å². The van der Waals surface area contributed by atoms with Crippen LogP contribution in [0.4, 0.5) is 11.4 Å². The maximum absolute atomic E-state index is 13.0. The highest BCUT2D eigenvalue weighted by Crippen LogP contribution is 2.33.